The summed E-state index contributed by atoms with van der Waals surface area (Å²) in [4.78, 5) is 40.4. The van der Waals surface area contributed by atoms with Gasteiger partial charge in [-0.3, -0.25) is 14.4 Å². The smallest absolute Gasteiger partial charge is 0.252 e. The van der Waals surface area contributed by atoms with E-state index in [0.29, 0.717) is 25.2 Å². The Labute approximate surface area is 202 Å². The van der Waals surface area contributed by atoms with E-state index < -0.39 is 34.6 Å². The van der Waals surface area contributed by atoms with E-state index in [1.807, 2.05) is 54.6 Å². The highest BCUT2D eigenvalue weighted by Gasteiger charge is 2.55. The van der Waals surface area contributed by atoms with Crippen molar-refractivity contribution in [2.75, 3.05) is 12.5 Å². The number of rotatable bonds is 7. The highest BCUT2D eigenvalue weighted by atomic mass is 32.2. The standard InChI is InChI=1S/C25H29N3O5S/c1-25(24(26)32)21(22(30)27-18-13-14-33-20-10-6-5-9-17(18)20)28(15-34-25)23(31)19(29)12-11-16-7-3-2-4-8-16/h2-10,18-19,21,29H,11-15H2,1H3,(H2,26,32)(H,27,30)/t18?,19-,21?,25-/m0/s1. The van der Waals surface area contributed by atoms with E-state index in [9.17, 15) is 19.5 Å². The number of amides is 3. The Hall–Kier alpha value is -3.04. The van der Waals surface area contributed by atoms with Crippen LogP contribution in [0.1, 0.15) is 36.9 Å². The number of thioether (sulfide) groups is 1. The Balaban J connectivity index is 1.51. The van der Waals surface area contributed by atoms with Crippen molar-refractivity contribution in [3.63, 3.8) is 0 Å². The van der Waals surface area contributed by atoms with Crippen molar-refractivity contribution in [2.24, 2.45) is 5.73 Å². The van der Waals surface area contributed by atoms with Gasteiger partial charge in [-0.25, -0.2) is 0 Å². The van der Waals surface area contributed by atoms with E-state index in [4.69, 9.17) is 10.5 Å². The molecule has 4 atom stereocenters. The van der Waals surface area contributed by atoms with Gasteiger partial charge >= 0.3 is 0 Å². The summed E-state index contributed by atoms with van der Waals surface area (Å²) in [5, 5.41) is 13.6. The lowest BCUT2D eigenvalue weighted by atomic mass is 9.95. The van der Waals surface area contributed by atoms with Crippen LogP contribution in [0.4, 0.5) is 0 Å². The number of aliphatic hydroxyl groups is 1. The minimum atomic E-state index is -1.32. The number of para-hydroxylation sites is 1. The average molecular weight is 484 g/mol. The molecule has 8 nitrogen and oxygen atoms in total. The number of ether oxygens (including phenoxy) is 1. The summed E-state index contributed by atoms with van der Waals surface area (Å²) in [5.41, 5.74) is 7.52. The SMILES string of the molecule is C[C@]1(C(N)=O)SCN(C(=O)[C@@H](O)CCc2ccccc2)C1C(=O)NC1CCOc2ccccc21. The maximum Gasteiger partial charge on any atom is 0.252 e. The summed E-state index contributed by atoms with van der Waals surface area (Å²) in [6.07, 6.45) is -0.0183. The van der Waals surface area contributed by atoms with Crippen molar-refractivity contribution in [3.8, 4) is 5.75 Å². The Morgan fingerprint density at radius 2 is 1.91 bits per heavy atom. The van der Waals surface area contributed by atoms with Crippen molar-refractivity contribution in [2.45, 2.75) is 49.1 Å². The first-order valence-corrected chi connectivity index (χ1v) is 12.3. The minimum Gasteiger partial charge on any atom is -0.493 e. The molecule has 0 bridgehead atoms. The minimum absolute atomic E-state index is 0.0864. The second kappa shape index (κ2) is 10.1. The van der Waals surface area contributed by atoms with Gasteiger partial charge in [-0.1, -0.05) is 48.5 Å². The predicted molar refractivity (Wildman–Crippen MR) is 129 cm³/mol. The second-order valence-electron chi connectivity index (χ2n) is 8.73. The number of hydrogen-bond acceptors (Lipinski definition) is 6. The summed E-state index contributed by atoms with van der Waals surface area (Å²) in [7, 11) is 0. The fourth-order valence-corrected chi connectivity index (χ4v) is 5.67. The van der Waals surface area contributed by atoms with E-state index in [0.717, 1.165) is 22.9 Å². The zero-order valence-corrected chi connectivity index (χ0v) is 19.8. The molecule has 1 saturated heterocycles. The molecule has 0 aliphatic carbocycles. The molecule has 0 radical (unpaired) electrons. The maximum absolute atomic E-state index is 13.5. The van der Waals surface area contributed by atoms with Gasteiger partial charge in [0, 0.05) is 12.0 Å². The lowest BCUT2D eigenvalue weighted by molar-refractivity contribution is -0.147. The third-order valence-electron chi connectivity index (χ3n) is 6.47. The van der Waals surface area contributed by atoms with E-state index in [1.165, 1.54) is 4.90 Å². The molecule has 0 aromatic heterocycles. The monoisotopic (exact) mass is 483 g/mol. The number of nitrogens with one attached hydrogen (secondary N) is 1. The molecule has 34 heavy (non-hydrogen) atoms. The summed E-state index contributed by atoms with van der Waals surface area (Å²) in [5.74, 6) is -0.957. The second-order valence-corrected chi connectivity index (χ2v) is 10.1. The highest BCUT2D eigenvalue weighted by molar-refractivity contribution is 8.01. The van der Waals surface area contributed by atoms with E-state index in [1.54, 1.807) is 6.92 Å². The molecule has 0 spiro atoms. The van der Waals surface area contributed by atoms with E-state index >= 15 is 0 Å². The fourth-order valence-electron chi connectivity index (χ4n) is 4.45. The molecule has 1 fully saturated rings. The van der Waals surface area contributed by atoms with Gasteiger partial charge < -0.3 is 25.8 Å². The zero-order valence-electron chi connectivity index (χ0n) is 19.0. The number of carbonyl (C=O) groups excluding carboxylic acids is 3. The van der Waals surface area contributed by atoms with Crippen LogP contribution < -0.4 is 15.8 Å². The van der Waals surface area contributed by atoms with Gasteiger partial charge in [-0.2, -0.15) is 0 Å². The van der Waals surface area contributed by atoms with Crippen LogP contribution in [0.3, 0.4) is 0 Å². The molecule has 4 rings (SSSR count). The van der Waals surface area contributed by atoms with Crippen molar-refractivity contribution in [1.82, 2.24) is 10.2 Å². The Morgan fingerprint density at radius 1 is 1.21 bits per heavy atom. The third-order valence-corrected chi connectivity index (χ3v) is 7.90. The number of hydrogen-bond donors (Lipinski definition) is 3. The van der Waals surface area contributed by atoms with Crippen LogP contribution in [-0.4, -0.2) is 57.1 Å². The molecule has 2 heterocycles. The van der Waals surface area contributed by atoms with Crippen LogP contribution in [0.5, 0.6) is 5.75 Å². The van der Waals surface area contributed by atoms with Crippen LogP contribution in [0.2, 0.25) is 0 Å². The van der Waals surface area contributed by atoms with Gasteiger partial charge in [-0.05, 0) is 31.4 Å². The zero-order chi connectivity index (χ0) is 24.3. The Morgan fingerprint density at radius 3 is 2.65 bits per heavy atom. The lowest BCUT2D eigenvalue weighted by Gasteiger charge is -2.34. The quantitative estimate of drug-likeness (QED) is 0.552. The molecule has 3 amide bonds. The first-order chi connectivity index (χ1) is 16.3. The normalized spacial score (nSPS) is 24.6. The summed E-state index contributed by atoms with van der Waals surface area (Å²) in [6.45, 7) is 2.01. The first kappa shape index (κ1) is 24.1. The van der Waals surface area contributed by atoms with Crippen molar-refractivity contribution in [3.05, 3.63) is 65.7 Å². The van der Waals surface area contributed by atoms with Crippen LogP contribution in [-0.2, 0) is 20.8 Å². The van der Waals surface area contributed by atoms with Crippen molar-refractivity contribution < 1.29 is 24.2 Å². The Kier molecular flexibility index (Phi) is 7.13. The number of nitrogens with two attached hydrogens (primary N) is 1. The van der Waals surface area contributed by atoms with Gasteiger partial charge in [0.05, 0.1) is 18.5 Å². The first-order valence-electron chi connectivity index (χ1n) is 11.3. The van der Waals surface area contributed by atoms with Gasteiger partial charge in [0.1, 0.15) is 22.6 Å². The van der Waals surface area contributed by atoms with Gasteiger partial charge in [0.15, 0.2) is 0 Å². The molecular formula is C25H29N3O5S. The lowest BCUT2D eigenvalue weighted by Crippen LogP contribution is -2.60. The fraction of sp³-hybridized carbons (Fsp3) is 0.400. The highest BCUT2D eigenvalue weighted by Crippen LogP contribution is 2.41. The number of fused-ring (bicyclic) bond motifs is 1. The number of primary amides is 1. The molecule has 2 aliphatic rings. The van der Waals surface area contributed by atoms with Gasteiger partial charge in [0.25, 0.3) is 5.91 Å². The molecule has 2 aromatic carbocycles. The van der Waals surface area contributed by atoms with Crippen LogP contribution in [0.25, 0.3) is 0 Å². The number of carbonyl (C=O) groups is 3. The molecule has 2 aliphatic heterocycles. The third kappa shape index (κ3) is 4.76. The molecular weight excluding hydrogens is 454 g/mol. The van der Waals surface area contributed by atoms with Gasteiger partial charge in [0.2, 0.25) is 11.8 Å². The van der Waals surface area contributed by atoms with Gasteiger partial charge in [-0.15, -0.1) is 11.8 Å². The number of aliphatic hydroxyl groups excluding tert-OH is 1. The van der Waals surface area contributed by atoms with Crippen molar-refractivity contribution in [1.29, 1.82) is 0 Å². The molecule has 9 heteroatoms. The Bertz CT molecular complexity index is 1070. The molecule has 2 unspecified atom stereocenters. The van der Waals surface area contributed by atoms with Crippen LogP contribution in [0.15, 0.2) is 54.6 Å². The number of aryl methyl sites for hydroxylation is 1. The molecule has 0 saturated carbocycles. The van der Waals surface area contributed by atoms with Crippen LogP contribution >= 0.6 is 11.8 Å². The predicted octanol–water partition coefficient (Wildman–Crippen LogP) is 1.77. The summed E-state index contributed by atoms with van der Waals surface area (Å²) < 4.78 is 4.35. The average Bonchev–Trinajstić information content (AvgIpc) is 3.21. The maximum atomic E-state index is 13.5. The summed E-state index contributed by atoms with van der Waals surface area (Å²) >= 11 is 1.14. The largest absolute Gasteiger partial charge is 0.493 e. The molecule has 4 N–H and O–H groups in total. The van der Waals surface area contributed by atoms with Crippen molar-refractivity contribution >= 4 is 29.5 Å². The topological polar surface area (TPSA) is 122 Å². The molecule has 2 aromatic rings. The number of nitrogens with zero attached hydrogens (tertiary/aromatic N) is 1. The van der Waals surface area contributed by atoms with E-state index in [-0.39, 0.29) is 18.3 Å². The molecule has 180 valence electrons. The van der Waals surface area contributed by atoms with E-state index in [2.05, 4.69) is 5.32 Å². The number of benzene rings is 2. The summed E-state index contributed by atoms with van der Waals surface area (Å²) in [6, 6.07) is 15.5. The van der Waals surface area contributed by atoms with Crippen LogP contribution in [0, 0.1) is 0 Å².